The fourth-order valence-corrected chi connectivity index (χ4v) is 4.04. The molecular weight excluding hydrogens is 784 g/mol. The highest BCUT2D eigenvalue weighted by Crippen LogP contribution is 2.17. The molecule has 0 atom stereocenters. The van der Waals surface area contributed by atoms with E-state index < -0.39 is 0 Å². The summed E-state index contributed by atoms with van der Waals surface area (Å²) in [7, 11) is 0. The Morgan fingerprint density at radius 3 is 1.62 bits per heavy atom. The van der Waals surface area contributed by atoms with Gasteiger partial charge in [-0.3, -0.25) is 14.4 Å². The van der Waals surface area contributed by atoms with E-state index in [2.05, 4.69) is 90.4 Å². The van der Waals surface area contributed by atoms with Crippen molar-refractivity contribution >= 4 is 108 Å². The van der Waals surface area contributed by atoms with Crippen LogP contribution in [-0.2, 0) is 4.79 Å². The lowest BCUT2D eigenvalue weighted by Gasteiger charge is -2.00. The van der Waals surface area contributed by atoms with Crippen molar-refractivity contribution in [2.45, 2.75) is 13.8 Å². The predicted octanol–water partition coefficient (Wildman–Crippen LogP) is 6.32. The number of hydrogen-bond acceptors (Lipinski definition) is 3. The molecule has 26 heavy (non-hydrogen) atoms. The molecule has 2 aromatic rings. The molecule has 0 fully saturated rings. The first-order valence-electron chi connectivity index (χ1n) is 7.26. The van der Waals surface area contributed by atoms with Crippen LogP contribution >= 0.6 is 90.4 Å². The van der Waals surface area contributed by atoms with Gasteiger partial charge < -0.3 is 0 Å². The molecule has 7 heteroatoms. The summed E-state index contributed by atoms with van der Waals surface area (Å²) in [5, 5.41) is 0. The van der Waals surface area contributed by atoms with Crippen molar-refractivity contribution in [3.63, 3.8) is 0 Å². The molecule has 3 nitrogen and oxygen atoms in total. The Bertz CT molecular complexity index is 873. The van der Waals surface area contributed by atoms with Gasteiger partial charge in [-0.1, -0.05) is 0 Å². The van der Waals surface area contributed by atoms with Crippen LogP contribution in [0.4, 0.5) is 0 Å². The third kappa shape index (κ3) is 8.42. The number of halogens is 4. The van der Waals surface area contributed by atoms with Gasteiger partial charge in [0.2, 0.25) is 0 Å². The number of carbonyl (C=O) groups is 3. The van der Waals surface area contributed by atoms with Crippen LogP contribution in [0.3, 0.4) is 0 Å². The van der Waals surface area contributed by atoms with Gasteiger partial charge in [-0.15, -0.1) is 0 Å². The van der Waals surface area contributed by atoms with Gasteiger partial charge >= 0.3 is 0 Å². The lowest BCUT2D eigenvalue weighted by atomic mass is 10.1. The maximum absolute atomic E-state index is 11.7. The van der Waals surface area contributed by atoms with Gasteiger partial charge in [-0.2, -0.15) is 0 Å². The van der Waals surface area contributed by atoms with E-state index in [-0.39, 0.29) is 17.3 Å². The summed E-state index contributed by atoms with van der Waals surface area (Å²) in [6.45, 7) is 3.01. The summed E-state index contributed by atoms with van der Waals surface area (Å²) >= 11 is 8.62. The van der Waals surface area contributed by atoms with E-state index in [0.29, 0.717) is 5.56 Å². The summed E-state index contributed by atoms with van der Waals surface area (Å²) in [6.07, 6.45) is 2.61. The van der Waals surface area contributed by atoms with Crippen molar-refractivity contribution < 1.29 is 14.4 Å². The van der Waals surface area contributed by atoms with Gasteiger partial charge in [0.1, 0.15) is 0 Å². The van der Waals surface area contributed by atoms with E-state index in [1.54, 1.807) is 6.92 Å². The van der Waals surface area contributed by atoms with Crippen molar-refractivity contribution in [3.8, 4) is 0 Å². The molecule has 0 saturated carbocycles. The molecule has 0 heterocycles. The average Bonchev–Trinajstić information content (AvgIpc) is 2.57. The Morgan fingerprint density at radius 1 is 0.731 bits per heavy atom. The van der Waals surface area contributed by atoms with Crippen molar-refractivity contribution in [1.29, 1.82) is 0 Å². The van der Waals surface area contributed by atoms with Gasteiger partial charge in [0.15, 0.2) is 17.3 Å². The Morgan fingerprint density at radius 2 is 1.19 bits per heavy atom. The second-order valence-corrected chi connectivity index (χ2v) is 9.93. The normalized spacial score (nSPS) is 10.2. The van der Waals surface area contributed by atoms with E-state index in [4.69, 9.17) is 0 Å². The summed E-state index contributed by atoms with van der Waals surface area (Å²) in [5.74, 6) is -0.120. The highest BCUT2D eigenvalue weighted by Gasteiger charge is 2.07. The number of rotatable bonds is 4. The zero-order valence-electron chi connectivity index (χ0n) is 13.9. The zero-order valence-corrected chi connectivity index (χ0v) is 22.5. The first-order chi connectivity index (χ1) is 12.1. The molecule has 0 unspecified atom stereocenters. The third-order valence-electron chi connectivity index (χ3n) is 2.97. The molecule has 136 valence electrons. The molecule has 0 aromatic heterocycles. The van der Waals surface area contributed by atoms with Crippen LogP contribution in [-0.4, -0.2) is 17.3 Å². The van der Waals surface area contributed by atoms with Crippen LogP contribution in [0.2, 0.25) is 0 Å². The first-order valence-corrected chi connectivity index (χ1v) is 11.6. The number of Topliss-reactive ketones (excluding diaryl/α,β-unsaturated/α-hetero) is 1. The van der Waals surface area contributed by atoms with Crippen LogP contribution < -0.4 is 0 Å². The third-order valence-corrected chi connectivity index (χ3v) is 6.19. The van der Waals surface area contributed by atoms with Gasteiger partial charge in [0, 0.05) is 25.4 Å². The molecule has 0 bridgehead atoms. The Balaban J connectivity index is 0.000000273. The van der Waals surface area contributed by atoms with Crippen LogP contribution in [0, 0.1) is 14.3 Å². The highest BCUT2D eigenvalue weighted by atomic mass is 127. The smallest absolute Gasteiger partial charge is 0.187 e. The number of hydrogen-bond donors (Lipinski definition) is 0. The molecule has 0 amide bonds. The van der Waals surface area contributed by atoms with Gasteiger partial charge in [0.25, 0.3) is 0 Å². The van der Waals surface area contributed by atoms with Gasteiger partial charge in [-0.05, 0) is 153 Å². The highest BCUT2D eigenvalue weighted by molar-refractivity contribution is 14.1. The number of carbonyl (C=O) groups excluding carboxylic acids is 3. The fraction of sp³-hybridized carbons (Fsp3) is 0.105. The molecular formula is C19H14I4O3. The average molecular weight is 798 g/mol. The van der Waals surface area contributed by atoms with Crippen molar-refractivity contribution in [3.05, 3.63) is 74.0 Å². The zero-order chi connectivity index (χ0) is 19.9. The topological polar surface area (TPSA) is 51.2 Å². The first kappa shape index (κ1) is 24.1. The Kier molecular flexibility index (Phi) is 11.0. The molecule has 2 aromatic carbocycles. The quantitative estimate of drug-likeness (QED) is 0.207. The van der Waals surface area contributed by atoms with E-state index in [9.17, 15) is 14.4 Å². The lowest BCUT2D eigenvalue weighted by Crippen LogP contribution is -1.99. The second kappa shape index (κ2) is 11.8. The minimum Gasteiger partial charge on any atom is -0.295 e. The van der Waals surface area contributed by atoms with Crippen LogP contribution in [0.1, 0.15) is 34.6 Å². The van der Waals surface area contributed by atoms with E-state index in [1.165, 1.54) is 19.1 Å². The largest absolute Gasteiger partial charge is 0.295 e. The standard InChI is InChI=1S/C11H8I2O2.C8H6I2O/c1-7(14)2-5-11(15)9-6-8(12)3-4-10(9)13;1-5(11)7-4-6(9)2-3-8(7)10/h2-6H,1H3;2-4H,1H3/b5-2+;. The maximum atomic E-state index is 11.7. The van der Waals surface area contributed by atoms with E-state index in [0.717, 1.165) is 19.8 Å². The number of ketones is 3. The minimum absolute atomic E-state index is 0.121. The Labute approximate surface area is 207 Å². The SMILES string of the molecule is CC(=O)/C=C/C(=O)c1cc(I)ccc1I.CC(=O)c1cc(I)ccc1I. The predicted molar refractivity (Wildman–Crippen MR) is 138 cm³/mol. The van der Waals surface area contributed by atoms with Crippen LogP contribution in [0.15, 0.2) is 48.6 Å². The van der Waals surface area contributed by atoms with Gasteiger partial charge in [-0.25, -0.2) is 0 Å². The second-order valence-electron chi connectivity index (χ2n) is 5.11. The van der Waals surface area contributed by atoms with Crippen LogP contribution in [0.25, 0.3) is 0 Å². The molecule has 0 saturated heterocycles. The summed E-state index contributed by atoms with van der Waals surface area (Å²) in [4.78, 5) is 33.4. The molecule has 0 radical (unpaired) electrons. The van der Waals surface area contributed by atoms with Crippen LogP contribution in [0.5, 0.6) is 0 Å². The Hall–Kier alpha value is 0.110. The molecule has 0 aliphatic heterocycles. The van der Waals surface area contributed by atoms with E-state index in [1.807, 2.05) is 36.4 Å². The van der Waals surface area contributed by atoms with Crippen molar-refractivity contribution in [1.82, 2.24) is 0 Å². The van der Waals surface area contributed by atoms with Gasteiger partial charge in [0.05, 0.1) is 0 Å². The number of allylic oxidation sites excluding steroid dienone is 2. The summed E-state index contributed by atoms with van der Waals surface area (Å²) < 4.78 is 4.03. The molecule has 2 rings (SSSR count). The van der Waals surface area contributed by atoms with E-state index >= 15 is 0 Å². The number of benzene rings is 2. The summed E-state index contributed by atoms with van der Waals surface area (Å²) in [5.41, 5.74) is 1.46. The molecule has 0 N–H and O–H groups in total. The molecule has 0 aliphatic carbocycles. The minimum atomic E-state index is -0.131. The van der Waals surface area contributed by atoms with Crippen molar-refractivity contribution in [2.24, 2.45) is 0 Å². The monoisotopic (exact) mass is 798 g/mol. The summed E-state index contributed by atoms with van der Waals surface area (Å²) in [6, 6.07) is 11.5. The van der Waals surface area contributed by atoms with Crippen molar-refractivity contribution in [2.75, 3.05) is 0 Å². The fourth-order valence-electron chi connectivity index (χ4n) is 1.74. The molecule has 0 spiro atoms. The molecule has 0 aliphatic rings. The lowest BCUT2D eigenvalue weighted by molar-refractivity contribution is -0.112. The maximum Gasteiger partial charge on any atom is 0.187 e.